The fourth-order valence-corrected chi connectivity index (χ4v) is 2.71. The van der Waals surface area contributed by atoms with E-state index in [-0.39, 0.29) is 5.56 Å². The summed E-state index contributed by atoms with van der Waals surface area (Å²) < 4.78 is 4.88. The molecule has 0 aliphatic carbocycles. The summed E-state index contributed by atoms with van der Waals surface area (Å²) in [6.07, 6.45) is -1.13. The van der Waals surface area contributed by atoms with Crippen molar-refractivity contribution in [1.29, 1.82) is 0 Å². The molecule has 0 aromatic heterocycles. The molecule has 0 unspecified atom stereocenters. The second-order valence-corrected chi connectivity index (χ2v) is 7.02. The minimum atomic E-state index is -1.93. The highest BCUT2D eigenvalue weighted by Gasteiger charge is 2.34. The van der Waals surface area contributed by atoms with Gasteiger partial charge in [-0.3, -0.25) is 4.79 Å². The SMILES string of the molecule is CCCCCCCCNC(=O)[C@H](O)[C@@H](O)[C@H](O)[C@H](O)COC(=O)c1ccccc1. The van der Waals surface area contributed by atoms with Gasteiger partial charge in [-0.2, -0.15) is 0 Å². The van der Waals surface area contributed by atoms with Gasteiger partial charge >= 0.3 is 5.97 Å². The predicted octanol–water partition coefficient (Wildman–Crippen LogP) is 0.764. The van der Waals surface area contributed by atoms with Crippen molar-refractivity contribution in [2.75, 3.05) is 13.2 Å². The molecule has 0 heterocycles. The zero-order chi connectivity index (χ0) is 21.6. The molecule has 8 heteroatoms. The number of amides is 1. The van der Waals surface area contributed by atoms with E-state index in [0.717, 1.165) is 32.1 Å². The Labute approximate surface area is 171 Å². The molecule has 164 valence electrons. The molecular formula is C21H33NO7. The van der Waals surface area contributed by atoms with Crippen LogP contribution in [0.4, 0.5) is 0 Å². The highest BCUT2D eigenvalue weighted by Crippen LogP contribution is 2.09. The van der Waals surface area contributed by atoms with Crippen LogP contribution in [0.3, 0.4) is 0 Å². The van der Waals surface area contributed by atoms with Gasteiger partial charge < -0.3 is 30.5 Å². The van der Waals surface area contributed by atoms with Crippen LogP contribution in [0.1, 0.15) is 55.8 Å². The molecule has 29 heavy (non-hydrogen) atoms. The third kappa shape index (κ3) is 9.36. The van der Waals surface area contributed by atoms with E-state index in [4.69, 9.17) is 4.74 Å². The van der Waals surface area contributed by atoms with E-state index in [1.165, 1.54) is 18.6 Å². The summed E-state index contributed by atoms with van der Waals surface area (Å²) in [6, 6.07) is 8.07. The third-order valence-electron chi connectivity index (χ3n) is 4.56. The summed E-state index contributed by atoms with van der Waals surface area (Å²) in [5.74, 6) is -1.54. The second-order valence-electron chi connectivity index (χ2n) is 7.02. The predicted molar refractivity (Wildman–Crippen MR) is 107 cm³/mol. The van der Waals surface area contributed by atoms with Crippen molar-refractivity contribution in [3.8, 4) is 0 Å². The van der Waals surface area contributed by atoms with Gasteiger partial charge in [0.05, 0.1) is 5.56 Å². The maximum Gasteiger partial charge on any atom is 0.338 e. The molecule has 0 saturated heterocycles. The van der Waals surface area contributed by atoms with E-state index in [1.54, 1.807) is 18.2 Å². The molecule has 5 N–H and O–H groups in total. The number of aliphatic hydroxyl groups is 4. The lowest BCUT2D eigenvalue weighted by Gasteiger charge is -2.25. The number of ether oxygens (including phenoxy) is 1. The number of benzene rings is 1. The normalized spacial score (nSPS) is 15.2. The van der Waals surface area contributed by atoms with Crippen LogP contribution < -0.4 is 5.32 Å². The third-order valence-corrected chi connectivity index (χ3v) is 4.56. The molecule has 0 aliphatic rings. The van der Waals surface area contributed by atoms with Gasteiger partial charge in [0, 0.05) is 6.54 Å². The summed E-state index contributed by atoms with van der Waals surface area (Å²) in [7, 11) is 0. The Morgan fingerprint density at radius 2 is 1.55 bits per heavy atom. The Morgan fingerprint density at radius 3 is 2.21 bits per heavy atom. The van der Waals surface area contributed by atoms with Gasteiger partial charge in [0.25, 0.3) is 5.91 Å². The lowest BCUT2D eigenvalue weighted by atomic mass is 10.0. The number of hydrogen-bond donors (Lipinski definition) is 5. The van der Waals surface area contributed by atoms with Crippen LogP contribution in [0.25, 0.3) is 0 Å². The molecule has 1 aromatic carbocycles. The highest BCUT2D eigenvalue weighted by atomic mass is 16.5. The minimum absolute atomic E-state index is 0.267. The molecule has 1 rings (SSSR count). The number of nitrogens with one attached hydrogen (secondary N) is 1. The molecule has 8 nitrogen and oxygen atoms in total. The van der Waals surface area contributed by atoms with E-state index < -0.39 is 42.9 Å². The first-order valence-electron chi connectivity index (χ1n) is 10.1. The zero-order valence-corrected chi connectivity index (χ0v) is 16.9. The topological polar surface area (TPSA) is 136 Å². The second kappa shape index (κ2) is 14.1. The summed E-state index contributed by atoms with van der Waals surface area (Å²) in [5.41, 5.74) is 0.267. The fourth-order valence-electron chi connectivity index (χ4n) is 2.71. The number of aliphatic hydroxyl groups excluding tert-OH is 4. The van der Waals surface area contributed by atoms with Crippen LogP contribution in [0.5, 0.6) is 0 Å². The summed E-state index contributed by atoms with van der Waals surface area (Å²) in [4.78, 5) is 23.7. The molecule has 0 bridgehead atoms. The van der Waals surface area contributed by atoms with Gasteiger partial charge in [-0.05, 0) is 18.6 Å². The molecule has 0 saturated carbocycles. The van der Waals surface area contributed by atoms with Crippen molar-refractivity contribution in [2.24, 2.45) is 0 Å². The van der Waals surface area contributed by atoms with Crippen LogP contribution in [0.15, 0.2) is 30.3 Å². The Bertz CT molecular complexity index is 596. The monoisotopic (exact) mass is 411 g/mol. The average Bonchev–Trinajstić information content (AvgIpc) is 2.75. The van der Waals surface area contributed by atoms with Crippen LogP contribution in [-0.2, 0) is 9.53 Å². The Hall–Kier alpha value is -2.00. The summed E-state index contributed by atoms with van der Waals surface area (Å²) in [5, 5.41) is 42.2. The molecule has 0 aliphatic heterocycles. The zero-order valence-electron chi connectivity index (χ0n) is 16.9. The van der Waals surface area contributed by atoms with E-state index in [0.29, 0.717) is 6.54 Å². The first-order valence-corrected chi connectivity index (χ1v) is 10.1. The first-order chi connectivity index (χ1) is 13.9. The number of unbranched alkanes of at least 4 members (excludes halogenated alkanes) is 5. The van der Waals surface area contributed by atoms with Gasteiger partial charge in [0.15, 0.2) is 6.10 Å². The largest absolute Gasteiger partial charge is 0.459 e. The molecule has 0 fully saturated rings. The van der Waals surface area contributed by atoms with E-state index in [2.05, 4.69) is 12.2 Å². The van der Waals surface area contributed by atoms with Crippen LogP contribution >= 0.6 is 0 Å². The molecule has 1 amide bonds. The van der Waals surface area contributed by atoms with Gasteiger partial charge in [-0.25, -0.2) is 4.79 Å². The van der Waals surface area contributed by atoms with Gasteiger partial charge in [-0.1, -0.05) is 57.2 Å². The fraction of sp³-hybridized carbons (Fsp3) is 0.619. The quantitative estimate of drug-likeness (QED) is 0.225. The van der Waals surface area contributed by atoms with Crippen molar-refractivity contribution in [2.45, 2.75) is 69.9 Å². The summed E-state index contributed by atoms with van der Waals surface area (Å²) in [6.45, 7) is 1.88. The van der Waals surface area contributed by atoms with Crippen molar-refractivity contribution >= 4 is 11.9 Å². The first kappa shape index (κ1) is 25.0. The minimum Gasteiger partial charge on any atom is -0.459 e. The van der Waals surface area contributed by atoms with Crippen molar-refractivity contribution in [3.05, 3.63) is 35.9 Å². The molecular weight excluding hydrogens is 378 g/mol. The molecule has 1 aromatic rings. The van der Waals surface area contributed by atoms with Gasteiger partial charge in [0.1, 0.15) is 24.9 Å². The smallest absolute Gasteiger partial charge is 0.338 e. The maximum absolute atomic E-state index is 11.9. The molecule has 4 atom stereocenters. The van der Waals surface area contributed by atoms with Gasteiger partial charge in [0.2, 0.25) is 0 Å². The average molecular weight is 411 g/mol. The number of carbonyl (C=O) groups excluding carboxylic acids is 2. The van der Waals surface area contributed by atoms with E-state index in [1.807, 2.05) is 0 Å². The van der Waals surface area contributed by atoms with Gasteiger partial charge in [-0.15, -0.1) is 0 Å². The van der Waals surface area contributed by atoms with Crippen LogP contribution in [0, 0.1) is 0 Å². The highest BCUT2D eigenvalue weighted by molar-refractivity contribution is 5.89. The Kier molecular flexibility index (Phi) is 12.1. The summed E-state index contributed by atoms with van der Waals surface area (Å²) >= 11 is 0. The Morgan fingerprint density at radius 1 is 0.931 bits per heavy atom. The number of carbonyl (C=O) groups is 2. The number of esters is 1. The Balaban J connectivity index is 2.33. The van der Waals surface area contributed by atoms with Crippen LogP contribution in [0.2, 0.25) is 0 Å². The van der Waals surface area contributed by atoms with Crippen molar-refractivity contribution in [1.82, 2.24) is 5.32 Å². The lowest BCUT2D eigenvalue weighted by Crippen LogP contribution is -2.52. The number of rotatable bonds is 14. The standard InChI is InChI=1S/C21H33NO7/c1-2-3-4-5-6-10-13-22-20(27)19(26)18(25)17(24)16(23)14-29-21(28)15-11-8-7-9-12-15/h7-9,11-12,16-19,23-26H,2-6,10,13-14H2,1H3,(H,22,27)/t16-,17-,18+,19-/m1/s1. The maximum atomic E-state index is 11.9. The lowest BCUT2D eigenvalue weighted by molar-refractivity contribution is -0.149. The van der Waals surface area contributed by atoms with Crippen molar-refractivity contribution < 1.29 is 34.8 Å². The van der Waals surface area contributed by atoms with E-state index >= 15 is 0 Å². The molecule has 0 spiro atoms. The number of hydrogen-bond acceptors (Lipinski definition) is 7. The van der Waals surface area contributed by atoms with Crippen LogP contribution in [-0.4, -0.2) is 69.9 Å². The van der Waals surface area contributed by atoms with E-state index in [9.17, 15) is 30.0 Å². The molecule has 0 radical (unpaired) electrons. The van der Waals surface area contributed by atoms with Crippen molar-refractivity contribution in [3.63, 3.8) is 0 Å².